The summed E-state index contributed by atoms with van der Waals surface area (Å²) in [5.74, 6) is -1.99. The van der Waals surface area contributed by atoms with Crippen LogP contribution in [0.2, 0.25) is 0 Å². The van der Waals surface area contributed by atoms with Crippen LogP contribution in [0.1, 0.15) is 15.9 Å². The van der Waals surface area contributed by atoms with Crippen LogP contribution in [0, 0.1) is 5.82 Å². The zero-order chi connectivity index (χ0) is 14.9. The van der Waals surface area contributed by atoms with Crippen LogP contribution in [0.4, 0.5) is 17.6 Å². The van der Waals surface area contributed by atoms with Gasteiger partial charge in [-0.3, -0.25) is 0 Å². The van der Waals surface area contributed by atoms with Gasteiger partial charge >= 0.3 is 12.1 Å². The molecule has 0 radical (unpaired) electrons. The zero-order valence-corrected chi connectivity index (χ0v) is 9.91. The van der Waals surface area contributed by atoms with Crippen molar-refractivity contribution in [3.05, 3.63) is 59.4 Å². The van der Waals surface area contributed by atoms with E-state index >= 15 is 0 Å². The molecular weight excluding hydrogens is 276 g/mol. The van der Waals surface area contributed by atoms with E-state index in [-0.39, 0.29) is 5.56 Å². The highest BCUT2D eigenvalue weighted by Crippen LogP contribution is 2.33. The molecule has 0 fully saturated rings. The second kappa shape index (κ2) is 4.96. The van der Waals surface area contributed by atoms with Crippen molar-refractivity contribution in [1.82, 2.24) is 0 Å². The summed E-state index contributed by atoms with van der Waals surface area (Å²) in [6, 6.07) is 7.28. The molecule has 1 N–H and O–H groups in total. The maximum Gasteiger partial charge on any atom is 0.416 e. The fraction of sp³-hybridized carbons (Fsp3) is 0.0714. The summed E-state index contributed by atoms with van der Waals surface area (Å²) < 4.78 is 51.0. The second-order valence-corrected chi connectivity index (χ2v) is 4.11. The quantitative estimate of drug-likeness (QED) is 0.839. The van der Waals surface area contributed by atoms with Crippen LogP contribution in [0.3, 0.4) is 0 Å². The number of carboxylic acids is 1. The number of hydrogen-bond donors (Lipinski definition) is 1. The molecule has 0 amide bonds. The highest BCUT2D eigenvalue weighted by Gasteiger charge is 2.31. The molecule has 0 aromatic heterocycles. The van der Waals surface area contributed by atoms with E-state index in [0.29, 0.717) is 11.6 Å². The summed E-state index contributed by atoms with van der Waals surface area (Å²) in [4.78, 5) is 10.9. The summed E-state index contributed by atoms with van der Waals surface area (Å²) in [6.45, 7) is 0. The Morgan fingerprint density at radius 1 is 0.950 bits per heavy atom. The first-order valence-electron chi connectivity index (χ1n) is 5.49. The predicted octanol–water partition coefficient (Wildman–Crippen LogP) is 4.21. The lowest BCUT2D eigenvalue weighted by molar-refractivity contribution is -0.137. The first kappa shape index (κ1) is 14.0. The molecule has 6 heteroatoms. The van der Waals surface area contributed by atoms with E-state index in [4.69, 9.17) is 5.11 Å². The van der Waals surface area contributed by atoms with E-state index < -0.39 is 29.1 Å². The van der Waals surface area contributed by atoms with Crippen LogP contribution in [-0.4, -0.2) is 11.1 Å². The van der Waals surface area contributed by atoms with Crippen molar-refractivity contribution in [1.29, 1.82) is 0 Å². The Morgan fingerprint density at radius 2 is 1.55 bits per heavy atom. The zero-order valence-electron chi connectivity index (χ0n) is 9.91. The fourth-order valence-electron chi connectivity index (χ4n) is 1.72. The molecule has 2 nitrogen and oxygen atoms in total. The Morgan fingerprint density at radius 3 is 2.05 bits per heavy atom. The molecule has 0 saturated carbocycles. The highest BCUT2D eigenvalue weighted by atomic mass is 19.4. The Kier molecular flexibility index (Phi) is 3.48. The molecular formula is C14H8F4O2. The molecule has 0 aliphatic carbocycles. The van der Waals surface area contributed by atoms with Crippen LogP contribution in [0.5, 0.6) is 0 Å². The van der Waals surface area contributed by atoms with Gasteiger partial charge in [-0.15, -0.1) is 0 Å². The van der Waals surface area contributed by atoms with E-state index in [9.17, 15) is 22.4 Å². The van der Waals surface area contributed by atoms with Gasteiger partial charge in [0.15, 0.2) is 0 Å². The maximum absolute atomic E-state index is 12.8. The third-order valence-electron chi connectivity index (χ3n) is 2.68. The minimum absolute atomic E-state index is 0.0669. The predicted molar refractivity (Wildman–Crippen MR) is 63.8 cm³/mol. The van der Waals surface area contributed by atoms with E-state index in [0.717, 1.165) is 24.3 Å². The van der Waals surface area contributed by atoms with Gasteiger partial charge in [-0.2, -0.15) is 13.2 Å². The minimum Gasteiger partial charge on any atom is -0.478 e. The van der Waals surface area contributed by atoms with E-state index in [2.05, 4.69) is 0 Å². The maximum atomic E-state index is 12.8. The molecule has 0 saturated heterocycles. The lowest BCUT2D eigenvalue weighted by atomic mass is 9.99. The second-order valence-electron chi connectivity index (χ2n) is 4.11. The lowest BCUT2D eigenvalue weighted by Gasteiger charge is -2.11. The number of aromatic carboxylic acids is 1. The number of carboxylic acid groups (broad SMARTS) is 1. The number of benzene rings is 2. The number of hydrogen-bond acceptors (Lipinski definition) is 1. The van der Waals surface area contributed by atoms with Gasteiger partial charge in [-0.1, -0.05) is 12.1 Å². The highest BCUT2D eigenvalue weighted by molar-refractivity contribution is 5.90. The van der Waals surface area contributed by atoms with Crippen molar-refractivity contribution in [2.75, 3.05) is 0 Å². The molecule has 104 valence electrons. The topological polar surface area (TPSA) is 37.3 Å². The number of halogens is 4. The van der Waals surface area contributed by atoms with Crippen molar-refractivity contribution < 1.29 is 27.5 Å². The average Bonchev–Trinajstić information content (AvgIpc) is 2.38. The van der Waals surface area contributed by atoms with E-state index in [1.807, 2.05) is 0 Å². The standard InChI is InChI=1S/C14H8F4O2/c15-12-3-1-8(2-4-12)9-5-10(13(19)20)7-11(6-9)14(16,17)18/h1-7H,(H,19,20). The molecule has 20 heavy (non-hydrogen) atoms. The molecule has 2 rings (SSSR count). The van der Waals surface area contributed by atoms with Crippen molar-refractivity contribution >= 4 is 5.97 Å². The minimum atomic E-state index is -4.65. The average molecular weight is 284 g/mol. The Hall–Kier alpha value is -2.37. The lowest BCUT2D eigenvalue weighted by Crippen LogP contribution is -2.08. The van der Waals surface area contributed by atoms with Gasteiger partial charge in [-0.05, 0) is 41.5 Å². The molecule has 0 aliphatic heterocycles. The van der Waals surface area contributed by atoms with Crippen LogP contribution in [-0.2, 0) is 6.18 Å². The van der Waals surface area contributed by atoms with Crippen molar-refractivity contribution in [2.45, 2.75) is 6.18 Å². The third-order valence-corrected chi connectivity index (χ3v) is 2.68. The first-order valence-corrected chi connectivity index (χ1v) is 5.49. The molecule has 0 atom stereocenters. The van der Waals surface area contributed by atoms with Gasteiger partial charge in [0.25, 0.3) is 0 Å². The Bertz CT molecular complexity index is 645. The van der Waals surface area contributed by atoms with Gasteiger partial charge in [0, 0.05) is 0 Å². The summed E-state index contributed by atoms with van der Waals surface area (Å²) in [5.41, 5.74) is -1.16. The molecule has 0 unspecified atom stereocenters. The number of rotatable bonds is 2. The molecule has 0 spiro atoms. The molecule has 0 bridgehead atoms. The smallest absolute Gasteiger partial charge is 0.416 e. The van der Waals surface area contributed by atoms with Crippen molar-refractivity contribution in [3.63, 3.8) is 0 Å². The van der Waals surface area contributed by atoms with Crippen LogP contribution >= 0.6 is 0 Å². The largest absolute Gasteiger partial charge is 0.478 e. The van der Waals surface area contributed by atoms with Crippen LogP contribution in [0.25, 0.3) is 11.1 Å². The van der Waals surface area contributed by atoms with Gasteiger partial charge in [0.2, 0.25) is 0 Å². The summed E-state index contributed by atoms with van der Waals surface area (Å²) in [6.07, 6.45) is -4.65. The summed E-state index contributed by atoms with van der Waals surface area (Å²) >= 11 is 0. The summed E-state index contributed by atoms with van der Waals surface area (Å²) in [5, 5.41) is 8.86. The van der Waals surface area contributed by atoms with Crippen LogP contribution in [0.15, 0.2) is 42.5 Å². The van der Waals surface area contributed by atoms with Crippen molar-refractivity contribution in [3.8, 4) is 11.1 Å². The Balaban J connectivity index is 2.60. The van der Waals surface area contributed by atoms with E-state index in [1.54, 1.807) is 0 Å². The van der Waals surface area contributed by atoms with Gasteiger partial charge in [0.05, 0.1) is 11.1 Å². The first-order chi connectivity index (χ1) is 9.27. The molecule has 2 aromatic carbocycles. The summed E-state index contributed by atoms with van der Waals surface area (Å²) in [7, 11) is 0. The normalized spacial score (nSPS) is 11.4. The van der Waals surface area contributed by atoms with Gasteiger partial charge in [-0.25, -0.2) is 9.18 Å². The number of alkyl halides is 3. The fourth-order valence-corrected chi connectivity index (χ4v) is 1.72. The molecule has 0 aliphatic rings. The van der Waals surface area contributed by atoms with Crippen molar-refractivity contribution in [2.24, 2.45) is 0 Å². The number of carbonyl (C=O) groups is 1. The Labute approximate surface area is 111 Å². The monoisotopic (exact) mass is 284 g/mol. The molecule has 0 heterocycles. The van der Waals surface area contributed by atoms with Crippen LogP contribution < -0.4 is 0 Å². The third kappa shape index (κ3) is 2.96. The van der Waals surface area contributed by atoms with Gasteiger partial charge in [0.1, 0.15) is 5.82 Å². The van der Waals surface area contributed by atoms with Gasteiger partial charge < -0.3 is 5.11 Å². The van der Waals surface area contributed by atoms with E-state index in [1.165, 1.54) is 12.1 Å². The molecule has 2 aromatic rings. The SMILES string of the molecule is O=C(O)c1cc(-c2ccc(F)cc2)cc(C(F)(F)F)c1.